The predicted molar refractivity (Wildman–Crippen MR) is 85.3 cm³/mol. The van der Waals surface area contributed by atoms with E-state index in [2.05, 4.69) is 15.0 Å². The first-order chi connectivity index (χ1) is 9.87. The number of aromatic nitrogens is 1. The third kappa shape index (κ3) is 4.60. The van der Waals surface area contributed by atoms with E-state index in [0.29, 0.717) is 10.6 Å². The van der Waals surface area contributed by atoms with Crippen LogP contribution in [0.2, 0.25) is 0 Å². The third-order valence-corrected chi connectivity index (χ3v) is 5.43. The van der Waals surface area contributed by atoms with Gasteiger partial charge in [0.2, 0.25) is 10.0 Å². The highest BCUT2D eigenvalue weighted by Gasteiger charge is 2.16. The van der Waals surface area contributed by atoms with Crippen molar-refractivity contribution < 1.29 is 13.2 Å². The summed E-state index contributed by atoms with van der Waals surface area (Å²) in [5.74, 6) is -0.233. The van der Waals surface area contributed by atoms with Gasteiger partial charge in [-0.2, -0.15) is 0 Å². The van der Waals surface area contributed by atoms with Gasteiger partial charge in [-0.1, -0.05) is 6.07 Å². The highest BCUT2D eigenvalue weighted by atomic mass is 32.2. The lowest BCUT2D eigenvalue weighted by molar-refractivity contribution is 0.0957. The number of carbonyl (C=O) groups is 1. The molecule has 0 saturated carbocycles. The van der Waals surface area contributed by atoms with Gasteiger partial charge in [-0.25, -0.2) is 18.1 Å². The van der Waals surface area contributed by atoms with E-state index >= 15 is 0 Å². The van der Waals surface area contributed by atoms with E-state index in [1.165, 1.54) is 11.3 Å². The Labute approximate surface area is 131 Å². The lowest BCUT2D eigenvalue weighted by Gasteiger charge is -2.04. The number of hydrogen-bond donors (Lipinski definition) is 2. The fourth-order valence-corrected chi connectivity index (χ4v) is 3.86. The Balaban J connectivity index is 1.97. The van der Waals surface area contributed by atoms with Crippen molar-refractivity contribution in [2.75, 3.05) is 19.3 Å². The van der Waals surface area contributed by atoms with Crippen LogP contribution in [-0.2, 0) is 10.0 Å². The molecule has 0 spiro atoms. The molecule has 0 aliphatic carbocycles. The number of carbonyl (C=O) groups excluding carboxylic acids is 1. The van der Waals surface area contributed by atoms with Crippen LogP contribution < -0.4 is 10.0 Å². The molecule has 2 rings (SSSR count). The van der Waals surface area contributed by atoms with Gasteiger partial charge in [0.1, 0.15) is 9.88 Å². The molecule has 0 saturated heterocycles. The summed E-state index contributed by atoms with van der Waals surface area (Å²) in [4.78, 5) is 18.0. The molecule has 0 aromatic carbocycles. The largest absolute Gasteiger partial charge is 0.350 e. The van der Waals surface area contributed by atoms with Gasteiger partial charge in [0.25, 0.3) is 5.91 Å². The lowest BCUT2D eigenvalue weighted by Crippen LogP contribution is -2.34. The maximum atomic E-state index is 12.1. The van der Waals surface area contributed by atoms with Crippen LogP contribution in [0.25, 0.3) is 9.88 Å². The minimum atomic E-state index is -3.23. The van der Waals surface area contributed by atoms with Crippen LogP contribution in [0.1, 0.15) is 15.4 Å². The minimum absolute atomic E-state index is 0.167. The Bertz CT molecular complexity index is 720. The highest BCUT2D eigenvalue weighted by molar-refractivity contribution is 7.88. The number of thiophene rings is 1. The summed E-state index contributed by atoms with van der Waals surface area (Å²) in [5, 5.41) is 5.46. The van der Waals surface area contributed by atoms with Crippen molar-refractivity contribution in [1.82, 2.24) is 15.0 Å². The van der Waals surface area contributed by atoms with E-state index in [-0.39, 0.29) is 19.0 Å². The van der Waals surface area contributed by atoms with Gasteiger partial charge in [-0.3, -0.25) is 4.79 Å². The normalized spacial score (nSPS) is 11.5. The second-order valence-electron chi connectivity index (χ2n) is 4.33. The molecule has 0 unspecified atom stereocenters. The molecule has 21 heavy (non-hydrogen) atoms. The third-order valence-electron chi connectivity index (χ3n) is 2.51. The monoisotopic (exact) mass is 345 g/mol. The molecule has 9 heteroatoms. The van der Waals surface area contributed by atoms with Crippen LogP contribution in [0.3, 0.4) is 0 Å². The summed E-state index contributed by atoms with van der Waals surface area (Å²) in [6, 6.07) is 3.90. The number of thiazole rings is 1. The van der Waals surface area contributed by atoms with Crippen LogP contribution in [0.5, 0.6) is 0 Å². The molecular weight excluding hydrogens is 330 g/mol. The van der Waals surface area contributed by atoms with Gasteiger partial charge in [0.05, 0.1) is 16.8 Å². The van der Waals surface area contributed by atoms with Crippen molar-refractivity contribution in [2.24, 2.45) is 0 Å². The predicted octanol–water partition coefficient (Wildman–Crippen LogP) is 1.46. The van der Waals surface area contributed by atoms with Crippen molar-refractivity contribution in [3.05, 3.63) is 28.1 Å². The molecule has 0 atom stereocenters. The average Bonchev–Trinajstić information content (AvgIpc) is 3.02. The zero-order valence-corrected chi connectivity index (χ0v) is 14.0. The molecular formula is C12H15N3O3S3. The van der Waals surface area contributed by atoms with Gasteiger partial charge in [-0.15, -0.1) is 22.7 Å². The Morgan fingerprint density at radius 2 is 2.14 bits per heavy atom. The van der Waals surface area contributed by atoms with E-state index in [0.717, 1.165) is 16.1 Å². The standard InChI is InChI=1S/C12H15N3O3S3/c1-8-10(11(16)13-5-6-14-21(2,17)18)20-12(15-8)9-4-3-7-19-9/h3-4,7,14H,5-6H2,1-2H3,(H,13,16). The fraction of sp³-hybridized carbons (Fsp3) is 0.333. The second-order valence-corrected chi connectivity index (χ2v) is 8.11. The molecule has 2 aromatic heterocycles. The molecule has 6 nitrogen and oxygen atoms in total. The molecule has 0 fully saturated rings. The summed E-state index contributed by atoms with van der Waals surface area (Å²) in [5.41, 5.74) is 0.678. The van der Waals surface area contributed by atoms with Crippen molar-refractivity contribution >= 4 is 38.6 Å². The first kappa shape index (κ1) is 16.1. The zero-order chi connectivity index (χ0) is 15.5. The summed E-state index contributed by atoms with van der Waals surface area (Å²) >= 11 is 2.91. The first-order valence-corrected chi connectivity index (χ1v) is 9.70. The number of nitrogens with zero attached hydrogens (tertiary/aromatic N) is 1. The Hall–Kier alpha value is -1.29. The zero-order valence-electron chi connectivity index (χ0n) is 11.5. The van der Waals surface area contributed by atoms with Crippen LogP contribution >= 0.6 is 22.7 Å². The summed E-state index contributed by atoms with van der Waals surface area (Å²) in [6.45, 7) is 2.19. The van der Waals surface area contributed by atoms with Crippen molar-refractivity contribution in [1.29, 1.82) is 0 Å². The Morgan fingerprint density at radius 3 is 2.76 bits per heavy atom. The summed E-state index contributed by atoms with van der Waals surface area (Å²) < 4.78 is 24.1. The maximum absolute atomic E-state index is 12.1. The van der Waals surface area contributed by atoms with Crippen LogP contribution in [0, 0.1) is 6.92 Å². The van der Waals surface area contributed by atoms with Gasteiger partial charge in [0, 0.05) is 13.1 Å². The van der Waals surface area contributed by atoms with Crippen LogP contribution in [-0.4, -0.2) is 38.7 Å². The van der Waals surface area contributed by atoms with Gasteiger partial charge < -0.3 is 5.32 Å². The molecule has 2 heterocycles. The quantitative estimate of drug-likeness (QED) is 0.776. The molecule has 0 aliphatic rings. The molecule has 2 aromatic rings. The molecule has 2 N–H and O–H groups in total. The number of hydrogen-bond acceptors (Lipinski definition) is 6. The van der Waals surface area contributed by atoms with Crippen LogP contribution in [0.15, 0.2) is 17.5 Å². The topological polar surface area (TPSA) is 88.2 Å². The number of rotatable bonds is 6. The Kier molecular flexibility index (Phi) is 5.09. The lowest BCUT2D eigenvalue weighted by atomic mass is 10.3. The molecule has 114 valence electrons. The van der Waals surface area contributed by atoms with Crippen molar-refractivity contribution in [3.8, 4) is 9.88 Å². The number of amides is 1. The maximum Gasteiger partial charge on any atom is 0.263 e. The number of aryl methyl sites for hydroxylation is 1. The van der Waals surface area contributed by atoms with Crippen LogP contribution in [0.4, 0.5) is 0 Å². The Morgan fingerprint density at radius 1 is 1.38 bits per heavy atom. The van der Waals surface area contributed by atoms with Crippen molar-refractivity contribution in [3.63, 3.8) is 0 Å². The molecule has 1 amide bonds. The molecule has 0 aliphatic heterocycles. The van der Waals surface area contributed by atoms with E-state index in [1.54, 1.807) is 18.3 Å². The van der Waals surface area contributed by atoms with E-state index in [1.807, 2.05) is 17.5 Å². The molecule has 0 bridgehead atoms. The summed E-state index contributed by atoms with van der Waals surface area (Å²) in [6.07, 6.45) is 1.08. The fourth-order valence-electron chi connectivity index (χ4n) is 1.61. The second kappa shape index (κ2) is 6.65. The highest BCUT2D eigenvalue weighted by Crippen LogP contribution is 2.30. The van der Waals surface area contributed by atoms with Crippen molar-refractivity contribution in [2.45, 2.75) is 6.92 Å². The smallest absolute Gasteiger partial charge is 0.263 e. The average molecular weight is 345 g/mol. The minimum Gasteiger partial charge on any atom is -0.350 e. The van der Waals surface area contributed by atoms with E-state index in [9.17, 15) is 13.2 Å². The van der Waals surface area contributed by atoms with Gasteiger partial charge >= 0.3 is 0 Å². The van der Waals surface area contributed by atoms with Gasteiger partial charge in [0.15, 0.2) is 0 Å². The van der Waals surface area contributed by atoms with E-state index < -0.39 is 10.0 Å². The SMILES string of the molecule is Cc1nc(-c2cccs2)sc1C(=O)NCCNS(C)(=O)=O. The van der Waals surface area contributed by atoms with E-state index in [4.69, 9.17) is 0 Å². The number of nitrogens with one attached hydrogen (secondary N) is 2. The molecule has 0 radical (unpaired) electrons. The number of sulfonamides is 1. The first-order valence-electron chi connectivity index (χ1n) is 6.11. The summed E-state index contributed by atoms with van der Waals surface area (Å²) in [7, 11) is -3.23. The van der Waals surface area contributed by atoms with Gasteiger partial charge in [-0.05, 0) is 18.4 Å².